The molecule has 2 N–H and O–H groups in total. The fourth-order valence-electron chi connectivity index (χ4n) is 3.26. The number of ether oxygens (including phenoxy) is 1. The van der Waals surface area contributed by atoms with Gasteiger partial charge in [-0.05, 0) is 57.0 Å². The maximum Gasteiger partial charge on any atom is 0.123 e. The second-order valence-corrected chi connectivity index (χ2v) is 6.58. The summed E-state index contributed by atoms with van der Waals surface area (Å²) >= 11 is 0. The molecule has 1 heterocycles. The minimum Gasteiger partial charge on any atom is -0.389 e. The normalized spacial score (nSPS) is 19.7. The van der Waals surface area contributed by atoms with Crippen molar-refractivity contribution in [3.63, 3.8) is 0 Å². The molecule has 0 aromatic heterocycles. The lowest BCUT2D eigenvalue weighted by Gasteiger charge is -2.34. The number of methoxy groups -OCH3 is 1. The SMILES string of the molecule is COCC(O)CN1CCC(NC(C)Cc2ccc(F)cc2)CC1. The van der Waals surface area contributed by atoms with Crippen molar-refractivity contribution in [3.05, 3.63) is 35.6 Å². The lowest BCUT2D eigenvalue weighted by Crippen LogP contribution is -2.47. The molecule has 1 saturated heterocycles. The Balaban J connectivity index is 1.68. The van der Waals surface area contributed by atoms with Crippen LogP contribution in [0, 0.1) is 5.82 Å². The molecule has 0 radical (unpaired) electrons. The van der Waals surface area contributed by atoms with Crippen molar-refractivity contribution in [2.75, 3.05) is 33.4 Å². The third-order valence-corrected chi connectivity index (χ3v) is 4.39. The van der Waals surface area contributed by atoms with Crippen LogP contribution in [0.15, 0.2) is 24.3 Å². The topological polar surface area (TPSA) is 44.7 Å². The summed E-state index contributed by atoms with van der Waals surface area (Å²) in [5.74, 6) is -0.183. The number of aliphatic hydroxyl groups is 1. The number of halogens is 1. The lowest BCUT2D eigenvalue weighted by molar-refractivity contribution is 0.0308. The van der Waals surface area contributed by atoms with E-state index in [0.29, 0.717) is 25.2 Å². The number of likely N-dealkylation sites (tertiary alicyclic amines) is 1. The van der Waals surface area contributed by atoms with E-state index in [0.717, 1.165) is 37.9 Å². The van der Waals surface area contributed by atoms with Crippen molar-refractivity contribution in [3.8, 4) is 0 Å². The molecule has 0 bridgehead atoms. The summed E-state index contributed by atoms with van der Waals surface area (Å²) in [6.45, 7) is 5.26. The number of nitrogens with one attached hydrogen (secondary N) is 1. The Morgan fingerprint density at radius 3 is 2.57 bits per heavy atom. The molecule has 1 aliphatic rings. The summed E-state index contributed by atoms with van der Waals surface area (Å²) in [5.41, 5.74) is 1.16. The van der Waals surface area contributed by atoms with E-state index >= 15 is 0 Å². The van der Waals surface area contributed by atoms with E-state index in [-0.39, 0.29) is 5.82 Å². The van der Waals surface area contributed by atoms with E-state index in [1.54, 1.807) is 7.11 Å². The van der Waals surface area contributed by atoms with E-state index in [1.165, 1.54) is 12.1 Å². The monoisotopic (exact) mass is 324 g/mol. The molecule has 1 aromatic rings. The molecule has 2 unspecified atom stereocenters. The van der Waals surface area contributed by atoms with Gasteiger partial charge in [-0.15, -0.1) is 0 Å². The average Bonchev–Trinajstić information content (AvgIpc) is 2.52. The molecule has 0 amide bonds. The van der Waals surface area contributed by atoms with E-state index in [9.17, 15) is 9.50 Å². The highest BCUT2D eigenvalue weighted by molar-refractivity contribution is 5.17. The molecule has 23 heavy (non-hydrogen) atoms. The Bertz CT molecular complexity index is 447. The highest BCUT2D eigenvalue weighted by atomic mass is 19.1. The highest BCUT2D eigenvalue weighted by Crippen LogP contribution is 2.13. The molecule has 0 spiro atoms. The first-order valence-electron chi connectivity index (χ1n) is 8.46. The van der Waals surface area contributed by atoms with Crippen LogP contribution in [0.4, 0.5) is 4.39 Å². The summed E-state index contributed by atoms with van der Waals surface area (Å²) in [6.07, 6.45) is 2.69. The summed E-state index contributed by atoms with van der Waals surface area (Å²) in [4.78, 5) is 2.30. The fraction of sp³-hybridized carbons (Fsp3) is 0.667. The van der Waals surface area contributed by atoms with Crippen LogP contribution in [0.3, 0.4) is 0 Å². The molecule has 0 saturated carbocycles. The largest absolute Gasteiger partial charge is 0.389 e. The Morgan fingerprint density at radius 1 is 1.30 bits per heavy atom. The lowest BCUT2D eigenvalue weighted by atomic mass is 10.0. The first-order chi connectivity index (χ1) is 11.1. The van der Waals surface area contributed by atoms with Gasteiger partial charge in [-0.25, -0.2) is 4.39 Å². The van der Waals surface area contributed by atoms with Gasteiger partial charge in [0.2, 0.25) is 0 Å². The number of piperidine rings is 1. The first-order valence-corrected chi connectivity index (χ1v) is 8.46. The van der Waals surface area contributed by atoms with Crippen LogP contribution in [-0.2, 0) is 11.2 Å². The summed E-state index contributed by atoms with van der Waals surface area (Å²) in [5, 5.41) is 13.5. The first kappa shape index (κ1) is 18.3. The van der Waals surface area contributed by atoms with E-state index < -0.39 is 6.10 Å². The molecule has 1 aliphatic heterocycles. The molecular weight excluding hydrogens is 295 g/mol. The van der Waals surface area contributed by atoms with Gasteiger partial charge in [-0.1, -0.05) is 12.1 Å². The number of benzene rings is 1. The smallest absolute Gasteiger partial charge is 0.123 e. The zero-order valence-corrected chi connectivity index (χ0v) is 14.2. The molecule has 130 valence electrons. The summed E-state index contributed by atoms with van der Waals surface area (Å²) in [6, 6.07) is 7.63. The van der Waals surface area contributed by atoms with Gasteiger partial charge in [0.05, 0.1) is 12.7 Å². The van der Waals surface area contributed by atoms with Crippen molar-refractivity contribution in [2.24, 2.45) is 0 Å². The van der Waals surface area contributed by atoms with Gasteiger partial charge in [0.1, 0.15) is 5.82 Å². The quantitative estimate of drug-likeness (QED) is 0.766. The van der Waals surface area contributed by atoms with Crippen LogP contribution in [-0.4, -0.2) is 61.5 Å². The number of hydrogen-bond donors (Lipinski definition) is 2. The summed E-state index contributed by atoms with van der Waals surface area (Å²) in [7, 11) is 1.61. The second kappa shape index (κ2) is 9.33. The Hall–Kier alpha value is -1.01. The zero-order chi connectivity index (χ0) is 16.7. The molecule has 1 fully saturated rings. The van der Waals surface area contributed by atoms with Crippen LogP contribution >= 0.6 is 0 Å². The van der Waals surface area contributed by atoms with Gasteiger partial charge < -0.3 is 20.1 Å². The van der Waals surface area contributed by atoms with Gasteiger partial charge in [-0.3, -0.25) is 0 Å². The van der Waals surface area contributed by atoms with Crippen LogP contribution < -0.4 is 5.32 Å². The average molecular weight is 324 g/mol. The number of β-amino-alcohol motifs (C(OH)–C–C–N with tert-alkyl or cyclic N) is 1. The van der Waals surface area contributed by atoms with Crippen molar-refractivity contribution < 1.29 is 14.2 Å². The van der Waals surface area contributed by atoms with Crippen LogP contribution in [0.5, 0.6) is 0 Å². The number of aliphatic hydroxyl groups excluding tert-OH is 1. The standard InChI is InChI=1S/C18H29FN2O2/c1-14(11-15-3-5-16(19)6-4-15)20-17-7-9-21(10-8-17)12-18(22)13-23-2/h3-6,14,17-18,20,22H,7-13H2,1-2H3. The van der Waals surface area contributed by atoms with Crippen LogP contribution in [0.1, 0.15) is 25.3 Å². The molecule has 5 heteroatoms. The molecule has 4 nitrogen and oxygen atoms in total. The third-order valence-electron chi connectivity index (χ3n) is 4.39. The maximum atomic E-state index is 12.9. The number of hydrogen-bond acceptors (Lipinski definition) is 4. The minimum atomic E-state index is -0.401. The predicted molar refractivity (Wildman–Crippen MR) is 90.0 cm³/mol. The van der Waals surface area contributed by atoms with E-state index in [4.69, 9.17) is 4.74 Å². The van der Waals surface area contributed by atoms with Crippen LogP contribution in [0.2, 0.25) is 0 Å². The van der Waals surface area contributed by atoms with Crippen LogP contribution in [0.25, 0.3) is 0 Å². The molecule has 0 aliphatic carbocycles. The van der Waals surface area contributed by atoms with Gasteiger partial charge in [0, 0.05) is 25.7 Å². The second-order valence-electron chi connectivity index (χ2n) is 6.58. The zero-order valence-electron chi connectivity index (χ0n) is 14.2. The molecule has 2 atom stereocenters. The Morgan fingerprint density at radius 2 is 1.96 bits per heavy atom. The van der Waals surface area contributed by atoms with Gasteiger partial charge in [0.15, 0.2) is 0 Å². The highest BCUT2D eigenvalue weighted by Gasteiger charge is 2.21. The molecule has 1 aromatic carbocycles. The van der Waals surface area contributed by atoms with Gasteiger partial charge in [-0.2, -0.15) is 0 Å². The molecular formula is C18H29FN2O2. The minimum absolute atomic E-state index is 0.183. The Kier molecular flexibility index (Phi) is 7.43. The number of rotatable bonds is 8. The third kappa shape index (κ3) is 6.55. The van der Waals surface area contributed by atoms with Crippen molar-refractivity contribution >= 4 is 0 Å². The molecule has 2 rings (SSSR count). The maximum absolute atomic E-state index is 12.9. The fourth-order valence-corrected chi connectivity index (χ4v) is 3.26. The summed E-state index contributed by atoms with van der Waals surface area (Å²) < 4.78 is 17.9. The van der Waals surface area contributed by atoms with Crippen molar-refractivity contribution in [1.82, 2.24) is 10.2 Å². The van der Waals surface area contributed by atoms with E-state index in [2.05, 4.69) is 17.1 Å². The van der Waals surface area contributed by atoms with Crippen molar-refractivity contribution in [2.45, 2.75) is 44.4 Å². The van der Waals surface area contributed by atoms with Crippen molar-refractivity contribution in [1.29, 1.82) is 0 Å². The predicted octanol–water partition coefficient (Wildman–Crippen LogP) is 1.82. The van der Waals surface area contributed by atoms with E-state index in [1.807, 2.05) is 12.1 Å². The van der Waals surface area contributed by atoms with Gasteiger partial charge >= 0.3 is 0 Å². The number of nitrogens with zero attached hydrogens (tertiary/aromatic N) is 1. The van der Waals surface area contributed by atoms with Gasteiger partial charge in [0.25, 0.3) is 0 Å². The Labute approximate surface area is 138 Å².